The highest BCUT2D eigenvalue weighted by Gasteiger charge is 2.38. The van der Waals surface area contributed by atoms with E-state index < -0.39 is 14.4 Å². The number of nitrogens with zero attached hydrogens (tertiary/aromatic N) is 4. The predicted octanol–water partition coefficient (Wildman–Crippen LogP) is 8.69. The van der Waals surface area contributed by atoms with Crippen LogP contribution in [0, 0.1) is 24.2 Å². The lowest BCUT2D eigenvalue weighted by Gasteiger charge is -2.38. The van der Waals surface area contributed by atoms with Crippen LogP contribution in [0.4, 0.5) is 0 Å². The Bertz CT molecular complexity index is 1250. The quantitative estimate of drug-likeness (QED) is 0.157. The molecule has 2 aromatic rings. The summed E-state index contributed by atoms with van der Waals surface area (Å²) in [5.74, 6) is -0.138. The van der Waals surface area contributed by atoms with Crippen LogP contribution >= 0.6 is 23.2 Å². The number of esters is 1. The number of carbonyl (C=O) groups is 2. The number of hydrogen-bond donors (Lipinski definition) is 0. The molecule has 11 heteroatoms. The fourth-order valence-electron chi connectivity index (χ4n) is 6.57. The normalized spacial score (nSPS) is 19.9. The molecule has 1 aliphatic rings. The van der Waals surface area contributed by atoms with Crippen LogP contribution in [-0.4, -0.2) is 59.6 Å². The van der Waals surface area contributed by atoms with E-state index in [2.05, 4.69) is 53.5 Å². The lowest BCUT2D eigenvalue weighted by molar-refractivity contribution is -0.151. The van der Waals surface area contributed by atoms with E-state index in [-0.39, 0.29) is 35.2 Å². The third-order valence-corrected chi connectivity index (χ3v) is 14.5. The molecule has 0 saturated heterocycles. The minimum atomic E-state index is -2.13. The average molecular weight is 668 g/mol. The molecule has 2 heterocycles. The molecule has 0 N–H and O–H groups in total. The standard InChI is InChI=1S/C33H52Cl2N4O4Si/c1-10-42-32(41)25-15-14-24(16-22(25)5)39-23(6)26(17-37-39)31(40)38(21-33(7,8)9)20-29(43-44(11-2,12-3)13-4)30-27(34)18-36-19-28(30)35/h17-19,22,24-25,29H,10-16,20-21H2,1-9H3/t22-,24-,25-,29?/m0/s1. The van der Waals surface area contributed by atoms with E-state index in [0.717, 1.165) is 43.1 Å². The zero-order chi connectivity index (χ0) is 32.8. The summed E-state index contributed by atoms with van der Waals surface area (Å²) in [5.41, 5.74) is 1.91. The van der Waals surface area contributed by atoms with E-state index in [1.54, 1.807) is 18.6 Å². The summed E-state index contributed by atoms with van der Waals surface area (Å²) in [4.78, 5) is 32.9. The molecular formula is C33H52Cl2N4O4Si. The summed E-state index contributed by atoms with van der Waals surface area (Å²) in [6.45, 7) is 20.0. The SMILES string of the molecule is CCOC(=O)[C@H]1CC[C@H](n2ncc(C(=O)N(CC(O[Si](CC)(CC)CC)c3c(Cl)cncc3Cl)CC(C)(C)C)c2C)C[C@@H]1C. The summed E-state index contributed by atoms with van der Waals surface area (Å²) in [5, 5.41) is 5.60. The van der Waals surface area contributed by atoms with Crippen molar-refractivity contribution in [3.05, 3.63) is 45.5 Å². The van der Waals surface area contributed by atoms with Crippen LogP contribution in [0.3, 0.4) is 0 Å². The molecule has 0 radical (unpaired) electrons. The first kappa shape index (κ1) is 36.5. The van der Waals surface area contributed by atoms with Gasteiger partial charge in [-0.3, -0.25) is 19.3 Å². The smallest absolute Gasteiger partial charge is 0.309 e. The van der Waals surface area contributed by atoms with Crippen LogP contribution in [0.15, 0.2) is 18.6 Å². The molecule has 1 aliphatic carbocycles. The van der Waals surface area contributed by atoms with Gasteiger partial charge < -0.3 is 14.1 Å². The van der Waals surface area contributed by atoms with Gasteiger partial charge in [-0.1, -0.05) is 71.7 Å². The number of halogens is 2. The summed E-state index contributed by atoms with van der Waals surface area (Å²) in [7, 11) is -2.13. The zero-order valence-electron chi connectivity index (χ0n) is 28.1. The second-order valence-corrected chi connectivity index (χ2v) is 19.0. The number of ether oxygens (including phenoxy) is 1. The third kappa shape index (κ3) is 8.65. The molecule has 0 bridgehead atoms. The maximum absolute atomic E-state index is 14.4. The van der Waals surface area contributed by atoms with E-state index in [1.807, 2.05) is 23.4 Å². The Labute approximate surface area is 275 Å². The molecule has 1 amide bonds. The van der Waals surface area contributed by atoms with Gasteiger partial charge >= 0.3 is 5.97 Å². The molecule has 2 aromatic heterocycles. The highest BCUT2D eigenvalue weighted by Crippen LogP contribution is 2.39. The van der Waals surface area contributed by atoms with Gasteiger partial charge in [-0.05, 0) is 62.6 Å². The highest BCUT2D eigenvalue weighted by atomic mass is 35.5. The van der Waals surface area contributed by atoms with Crippen LogP contribution in [0.25, 0.3) is 0 Å². The Morgan fingerprint density at radius 2 is 1.68 bits per heavy atom. The van der Waals surface area contributed by atoms with Crippen LogP contribution in [-0.2, 0) is 14.0 Å². The Morgan fingerprint density at radius 1 is 1.07 bits per heavy atom. The molecule has 44 heavy (non-hydrogen) atoms. The monoisotopic (exact) mass is 666 g/mol. The van der Waals surface area contributed by atoms with Gasteiger partial charge in [0.05, 0.1) is 53.0 Å². The summed E-state index contributed by atoms with van der Waals surface area (Å²) in [6.07, 6.45) is 6.74. The number of carbonyl (C=O) groups excluding carboxylic acids is 2. The van der Waals surface area contributed by atoms with Gasteiger partial charge in [0.1, 0.15) is 0 Å². The summed E-state index contributed by atoms with van der Waals surface area (Å²) >= 11 is 13.4. The average Bonchev–Trinajstić information content (AvgIpc) is 3.35. The number of hydrogen-bond acceptors (Lipinski definition) is 6. The van der Waals surface area contributed by atoms with Crippen molar-refractivity contribution in [2.45, 2.75) is 112 Å². The number of rotatable bonds is 13. The van der Waals surface area contributed by atoms with Crippen LogP contribution < -0.4 is 0 Å². The Hall–Kier alpha value is -1.94. The summed E-state index contributed by atoms with van der Waals surface area (Å²) in [6, 6.07) is 2.97. The van der Waals surface area contributed by atoms with Gasteiger partial charge in [-0.2, -0.15) is 5.10 Å². The number of pyridine rings is 1. The van der Waals surface area contributed by atoms with Gasteiger partial charge in [0, 0.05) is 30.2 Å². The molecule has 0 spiro atoms. The lowest BCUT2D eigenvalue weighted by Crippen LogP contribution is -2.44. The fourth-order valence-corrected chi connectivity index (χ4v) is 9.98. The largest absolute Gasteiger partial charge is 0.466 e. The maximum Gasteiger partial charge on any atom is 0.309 e. The predicted molar refractivity (Wildman–Crippen MR) is 180 cm³/mol. The van der Waals surface area contributed by atoms with Crippen molar-refractivity contribution >= 4 is 43.4 Å². The Balaban J connectivity index is 1.96. The topological polar surface area (TPSA) is 86.6 Å². The molecule has 1 unspecified atom stereocenters. The van der Waals surface area contributed by atoms with E-state index in [0.29, 0.717) is 40.9 Å². The molecule has 0 aromatic carbocycles. The number of aromatic nitrogens is 3. The van der Waals surface area contributed by atoms with Gasteiger partial charge in [0.2, 0.25) is 0 Å². The molecule has 8 nitrogen and oxygen atoms in total. The van der Waals surface area contributed by atoms with Crippen molar-refractivity contribution in [2.75, 3.05) is 19.7 Å². The Morgan fingerprint density at radius 3 is 2.20 bits per heavy atom. The van der Waals surface area contributed by atoms with E-state index in [1.165, 1.54) is 0 Å². The molecule has 4 atom stereocenters. The molecule has 246 valence electrons. The van der Waals surface area contributed by atoms with Crippen molar-refractivity contribution in [1.29, 1.82) is 0 Å². The van der Waals surface area contributed by atoms with Gasteiger partial charge in [0.15, 0.2) is 8.32 Å². The highest BCUT2D eigenvalue weighted by molar-refractivity contribution is 6.73. The van der Waals surface area contributed by atoms with E-state index >= 15 is 0 Å². The van der Waals surface area contributed by atoms with Crippen molar-refractivity contribution in [3.63, 3.8) is 0 Å². The van der Waals surface area contributed by atoms with Crippen LogP contribution in [0.1, 0.15) is 108 Å². The molecule has 1 saturated carbocycles. The first-order chi connectivity index (χ1) is 20.7. The van der Waals surface area contributed by atoms with Crippen molar-refractivity contribution in [2.24, 2.45) is 17.3 Å². The van der Waals surface area contributed by atoms with Crippen molar-refractivity contribution in [1.82, 2.24) is 19.7 Å². The van der Waals surface area contributed by atoms with Crippen LogP contribution in [0.2, 0.25) is 28.2 Å². The van der Waals surface area contributed by atoms with Crippen molar-refractivity contribution in [3.8, 4) is 0 Å². The number of amides is 1. The maximum atomic E-state index is 14.4. The second kappa shape index (κ2) is 15.6. The van der Waals surface area contributed by atoms with E-state index in [4.69, 9.17) is 37.5 Å². The third-order valence-electron chi connectivity index (χ3n) is 9.23. The molecule has 3 rings (SSSR count). The fraction of sp³-hybridized carbons (Fsp3) is 0.697. The van der Waals surface area contributed by atoms with Crippen LogP contribution in [0.5, 0.6) is 0 Å². The minimum Gasteiger partial charge on any atom is -0.466 e. The second-order valence-electron chi connectivity index (χ2n) is 13.5. The lowest BCUT2D eigenvalue weighted by atomic mass is 9.78. The van der Waals surface area contributed by atoms with Gasteiger partial charge in [-0.25, -0.2) is 0 Å². The first-order valence-electron chi connectivity index (χ1n) is 16.2. The minimum absolute atomic E-state index is 0.0939. The summed E-state index contributed by atoms with van der Waals surface area (Å²) < 4.78 is 14.3. The first-order valence-corrected chi connectivity index (χ1v) is 19.5. The molecule has 0 aliphatic heterocycles. The van der Waals surface area contributed by atoms with Gasteiger partial charge in [-0.15, -0.1) is 0 Å². The van der Waals surface area contributed by atoms with Crippen molar-refractivity contribution < 1.29 is 18.8 Å². The zero-order valence-corrected chi connectivity index (χ0v) is 30.6. The molecule has 1 fully saturated rings. The van der Waals surface area contributed by atoms with Gasteiger partial charge in [0.25, 0.3) is 5.91 Å². The van der Waals surface area contributed by atoms with E-state index in [9.17, 15) is 9.59 Å². The Kier molecular flexibility index (Phi) is 12.9. The molecular weight excluding hydrogens is 615 g/mol.